The van der Waals surface area contributed by atoms with Gasteiger partial charge >= 0.3 is 11.9 Å². The fourth-order valence-corrected chi connectivity index (χ4v) is 10.8. The molecule has 4 rings (SSSR count). The van der Waals surface area contributed by atoms with Gasteiger partial charge in [-0.3, -0.25) is 9.59 Å². The topological polar surface area (TPSA) is 159 Å². The first-order valence-corrected chi connectivity index (χ1v) is 17.6. The lowest BCUT2D eigenvalue weighted by molar-refractivity contribution is -0.234. The van der Waals surface area contributed by atoms with Crippen LogP contribution in [0.1, 0.15) is 119 Å². The van der Waals surface area contributed by atoms with Crippen molar-refractivity contribution in [3.8, 4) is 0 Å². The number of ether oxygens (including phenoxy) is 1. The number of rotatable bonds is 11. The highest BCUT2D eigenvalue weighted by molar-refractivity contribution is 5.97. The summed E-state index contributed by atoms with van der Waals surface area (Å²) in [4.78, 5) is 39.0. The first-order valence-electron chi connectivity index (χ1n) is 17.6. The molecule has 0 radical (unpaired) electrons. The molecule has 0 aromatic carbocycles. The fourth-order valence-electron chi connectivity index (χ4n) is 10.8. The summed E-state index contributed by atoms with van der Waals surface area (Å²) in [5.41, 5.74) is 7.14. The Morgan fingerprint density at radius 2 is 1.74 bits per heavy atom. The normalized spacial score (nSPS) is 40.1. The van der Waals surface area contributed by atoms with Crippen LogP contribution in [-0.4, -0.2) is 64.1 Å². The Hall–Kier alpha value is -2.23. The quantitative estimate of drug-likeness (QED) is 0.0880. The zero-order valence-electron chi connectivity index (χ0n) is 29.2. The van der Waals surface area contributed by atoms with Gasteiger partial charge in [0.2, 0.25) is 5.91 Å². The number of unbranched alkanes of at least 4 members (excludes halogenated alkanes) is 1. The number of hydrogen-bond acceptors (Lipinski definition) is 7. The average Bonchev–Trinajstić information content (AvgIpc) is 3.23. The largest absolute Gasteiger partial charge is 0.480 e. The highest BCUT2D eigenvalue weighted by Crippen LogP contribution is 2.74. The van der Waals surface area contributed by atoms with E-state index in [4.69, 9.17) is 10.5 Å². The van der Waals surface area contributed by atoms with Gasteiger partial charge in [-0.2, -0.15) is 0 Å². The van der Waals surface area contributed by atoms with Crippen LogP contribution in [0.25, 0.3) is 0 Å². The Bertz CT molecular complexity index is 1230. The molecule has 6 N–H and O–H groups in total. The van der Waals surface area contributed by atoms with Crippen LogP contribution >= 0.6 is 0 Å². The molecule has 11 unspecified atom stereocenters. The number of aliphatic carboxylic acids is 1. The monoisotopic (exact) mass is 644 g/mol. The number of aliphatic hydroxyl groups is 2. The highest BCUT2D eigenvalue weighted by Gasteiger charge is 2.70. The van der Waals surface area contributed by atoms with Gasteiger partial charge in [-0.15, -0.1) is 0 Å². The van der Waals surface area contributed by atoms with E-state index < -0.39 is 36.1 Å². The van der Waals surface area contributed by atoms with E-state index in [9.17, 15) is 29.7 Å². The smallest absolute Gasteiger partial charge is 0.326 e. The van der Waals surface area contributed by atoms with Crippen LogP contribution in [0.2, 0.25) is 0 Å². The van der Waals surface area contributed by atoms with Crippen LogP contribution in [0.5, 0.6) is 0 Å². The summed E-state index contributed by atoms with van der Waals surface area (Å²) in [5.74, 6) is -1.71. The third-order valence-electron chi connectivity index (χ3n) is 13.1. The minimum Gasteiger partial charge on any atom is -0.480 e. The number of carbonyl (C=O) groups is 3. The summed E-state index contributed by atoms with van der Waals surface area (Å²) in [7, 11) is 0. The lowest BCUT2D eigenvalue weighted by atomic mass is 9.36. The molecular weight excluding hydrogens is 584 g/mol. The van der Waals surface area contributed by atoms with Crippen molar-refractivity contribution in [3.05, 3.63) is 22.8 Å². The molecule has 0 spiro atoms. The van der Waals surface area contributed by atoms with E-state index in [0.717, 1.165) is 36.8 Å². The van der Waals surface area contributed by atoms with Gasteiger partial charge in [0.25, 0.3) is 0 Å². The number of fused-ring (bicyclic) bond motifs is 5. The molecule has 0 aliphatic heterocycles. The third-order valence-corrected chi connectivity index (χ3v) is 13.1. The maximum atomic E-state index is 14.2. The van der Waals surface area contributed by atoms with Crippen molar-refractivity contribution in [2.45, 2.75) is 143 Å². The number of allylic oxidation sites excluding steroid dienone is 2. The maximum Gasteiger partial charge on any atom is 0.326 e. The van der Waals surface area contributed by atoms with Gasteiger partial charge in [0.1, 0.15) is 12.1 Å². The van der Waals surface area contributed by atoms with Crippen molar-refractivity contribution < 1.29 is 34.4 Å². The SMILES string of the molecule is CC(=O)OC1CC2(C)C(CC(O)C3C4(C)CCC(O)C(C)C4CCC32C)C1=C(CCC=C(C)C)C(=O)NC(CCCCN)C(=O)O. The molecule has 9 heteroatoms. The van der Waals surface area contributed by atoms with Crippen molar-refractivity contribution >= 4 is 17.8 Å². The van der Waals surface area contributed by atoms with E-state index in [1.54, 1.807) is 0 Å². The molecule has 0 heterocycles. The van der Waals surface area contributed by atoms with Crippen LogP contribution in [0.4, 0.5) is 0 Å². The molecule has 4 aliphatic rings. The molecule has 4 aliphatic carbocycles. The zero-order valence-corrected chi connectivity index (χ0v) is 29.2. The van der Waals surface area contributed by atoms with Gasteiger partial charge < -0.3 is 31.1 Å². The Kier molecular flexibility index (Phi) is 11.2. The molecule has 0 aromatic heterocycles. The average molecular weight is 645 g/mol. The Morgan fingerprint density at radius 1 is 1.04 bits per heavy atom. The number of aliphatic hydroxyl groups excluding tert-OH is 2. The Labute approximate surface area is 275 Å². The number of carboxylic acids is 1. The minimum absolute atomic E-state index is 0.00540. The summed E-state index contributed by atoms with van der Waals surface area (Å²) < 4.78 is 6.06. The number of esters is 1. The second-order valence-corrected chi connectivity index (χ2v) is 16.0. The molecule has 4 fully saturated rings. The van der Waals surface area contributed by atoms with E-state index in [1.807, 2.05) is 13.8 Å². The van der Waals surface area contributed by atoms with Crippen molar-refractivity contribution in [2.24, 2.45) is 45.7 Å². The lowest BCUT2D eigenvalue weighted by Gasteiger charge is -2.69. The predicted octanol–water partition coefficient (Wildman–Crippen LogP) is 5.28. The Morgan fingerprint density at radius 3 is 2.35 bits per heavy atom. The van der Waals surface area contributed by atoms with E-state index in [0.29, 0.717) is 56.6 Å². The molecule has 260 valence electrons. The number of carbonyl (C=O) groups excluding carboxylic acids is 2. The molecule has 0 saturated heterocycles. The third kappa shape index (κ3) is 6.57. The first kappa shape index (κ1) is 36.6. The molecule has 0 aromatic rings. The summed E-state index contributed by atoms with van der Waals surface area (Å²) in [6, 6.07) is -1.06. The van der Waals surface area contributed by atoms with Crippen LogP contribution in [0.3, 0.4) is 0 Å². The maximum absolute atomic E-state index is 14.2. The van der Waals surface area contributed by atoms with Crippen molar-refractivity contribution in [1.82, 2.24) is 5.32 Å². The fraction of sp³-hybridized carbons (Fsp3) is 0.811. The number of carboxylic acid groups (broad SMARTS) is 1. The standard InChI is InChI=1S/C37H60N2O7/c1-21(2)11-10-12-24(33(43)39-27(34(44)45)13-8-9-18-38)31-26-19-29(42)32-35(5)16-15-28(41)22(3)25(35)14-17-36(32,6)37(26,7)20-30(31)46-23(4)40/h11,22,25-30,32,41-42H,8-10,12-20,38H2,1-7H3,(H,39,43)(H,44,45). The second kappa shape index (κ2) is 14.1. The number of amides is 1. The molecule has 11 atom stereocenters. The van der Waals surface area contributed by atoms with Crippen molar-refractivity contribution in [3.63, 3.8) is 0 Å². The van der Waals surface area contributed by atoms with Gasteiger partial charge in [-0.25, -0.2) is 4.79 Å². The second-order valence-electron chi connectivity index (χ2n) is 16.0. The molecule has 46 heavy (non-hydrogen) atoms. The van der Waals surface area contributed by atoms with Gasteiger partial charge in [-0.05, 0) is 137 Å². The minimum atomic E-state index is -1.09. The van der Waals surface area contributed by atoms with Crippen LogP contribution in [0, 0.1) is 39.9 Å². The molecule has 4 saturated carbocycles. The van der Waals surface area contributed by atoms with Gasteiger partial charge in [-0.1, -0.05) is 39.3 Å². The highest BCUT2D eigenvalue weighted by atomic mass is 16.5. The summed E-state index contributed by atoms with van der Waals surface area (Å²) in [6.07, 6.45) is 7.33. The Balaban J connectivity index is 1.82. The van der Waals surface area contributed by atoms with Crippen LogP contribution in [0.15, 0.2) is 22.8 Å². The van der Waals surface area contributed by atoms with Gasteiger partial charge in [0, 0.05) is 12.5 Å². The summed E-state index contributed by atoms with van der Waals surface area (Å²) >= 11 is 0. The molecular formula is C37H60N2O7. The van der Waals surface area contributed by atoms with E-state index in [1.165, 1.54) is 6.92 Å². The van der Waals surface area contributed by atoms with Crippen molar-refractivity contribution in [1.29, 1.82) is 0 Å². The number of nitrogens with two attached hydrogens (primary N) is 1. The van der Waals surface area contributed by atoms with E-state index in [-0.39, 0.29) is 46.5 Å². The number of hydrogen-bond donors (Lipinski definition) is 5. The summed E-state index contributed by atoms with van der Waals surface area (Å²) in [6.45, 7) is 14.9. The van der Waals surface area contributed by atoms with Crippen molar-refractivity contribution in [2.75, 3.05) is 6.54 Å². The predicted molar refractivity (Wildman–Crippen MR) is 177 cm³/mol. The first-order chi connectivity index (χ1) is 21.5. The lowest BCUT2D eigenvalue weighted by Crippen LogP contribution is -2.65. The van der Waals surface area contributed by atoms with Crippen LogP contribution in [-0.2, 0) is 19.1 Å². The molecule has 0 bridgehead atoms. The number of nitrogens with one attached hydrogen (secondary N) is 1. The van der Waals surface area contributed by atoms with E-state index >= 15 is 0 Å². The van der Waals surface area contributed by atoms with Gasteiger partial charge in [0.05, 0.1) is 12.2 Å². The van der Waals surface area contributed by atoms with E-state index in [2.05, 4.69) is 39.1 Å². The molecule has 1 amide bonds. The zero-order chi connectivity index (χ0) is 34.2. The summed E-state index contributed by atoms with van der Waals surface area (Å²) in [5, 5.41) is 35.8. The van der Waals surface area contributed by atoms with Gasteiger partial charge in [0.15, 0.2) is 0 Å². The molecule has 9 nitrogen and oxygen atoms in total. The van der Waals surface area contributed by atoms with Crippen LogP contribution < -0.4 is 11.1 Å².